The van der Waals surface area contributed by atoms with Crippen LogP contribution < -0.4 is 10.8 Å². The molecule has 11 heteroatoms. The molecule has 3 N–H and O–H groups in total. The van der Waals surface area contributed by atoms with Gasteiger partial charge < -0.3 is 19.5 Å². The van der Waals surface area contributed by atoms with Gasteiger partial charge in [0.2, 0.25) is 0 Å². The van der Waals surface area contributed by atoms with Crippen LogP contribution in [0.15, 0.2) is 38.3 Å². The Morgan fingerprint density at radius 1 is 1.32 bits per heavy atom. The molecule has 1 unspecified atom stereocenters. The average molecular weight is 607 g/mol. The molecule has 37 heavy (non-hydrogen) atoms. The normalized spacial score (nSPS) is 15.9. The fourth-order valence-electron chi connectivity index (χ4n) is 2.58. The van der Waals surface area contributed by atoms with Crippen LogP contribution in [0, 0.1) is 5.92 Å². The Morgan fingerprint density at radius 3 is 2.35 bits per heavy atom. The highest BCUT2D eigenvalue weighted by molar-refractivity contribution is 9.10. The van der Waals surface area contributed by atoms with Crippen LogP contribution >= 0.6 is 28.0 Å². The maximum Gasteiger partial charge on any atom is 0.255 e. The highest BCUT2D eigenvalue weighted by Gasteiger charge is 2.31. The van der Waals surface area contributed by atoms with Crippen LogP contribution in [0.2, 0.25) is 0 Å². The second-order valence-corrected chi connectivity index (χ2v) is 9.44. The van der Waals surface area contributed by atoms with E-state index in [0.717, 1.165) is 11.7 Å². The number of nitrogens with one attached hydrogen (secondary N) is 2. The molecule has 1 heterocycles. The molecular formula is C26H48BrN5O4S. The molecule has 0 radical (unpaired) electrons. The average Bonchev–Trinajstić information content (AvgIpc) is 3.22. The molecule has 1 amide bonds. The van der Waals surface area contributed by atoms with Gasteiger partial charge in [-0.2, -0.15) is 4.94 Å². The topological polar surface area (TPSA) is 98.7 Å². The minimum atomic E-state index is -0.455. The van der Waals surface area contributed by atoms with Crippen LogP contribution in [0.3, 0.4) is 0 Å². The number of hydroxylamine groups is 3. The van der Waals surface area contributed by atoms with E-state index in [9.17, 15) is 9.35 Å². The number of carbonyl (C=O) groups excluding carboxylic acids is 1. The molecule has 1 fully saturated rings. The number of amides is 1. The lowest BCUT2D eigenvalue weighted by Crippen LogP contribution is -2.38. The molecule has 1 aromatic carbocycles. The van der Waals surface area contributed by atoms with Crippen molar-refractivity contribution in [3.63, 3.8) is 0 Å². The van der Waals surface area contributed by atoms with E-state index >= 15 is 0 Å². The monoisotopic (exact) mass is 605 g/mol. The second kappa shape index (κ2) is 21.2. The molecule has 1 aliphatic heterocycles. The van der Waals surface area contributed by atoms with Gasteiger partial charge in [-0.05, 0) is 53.9 Å². The number of nitrogens with zero attached hydrogens (tertiary/aromatic N) is 3. The Kier molecular flexibility index (Phi) is 21.4. The van der Waals surface area contributed by atoms with Crippen molar-refractivity contribution in [2.24, 2.45) is 10.9 Å². The smallest absolute Gasteiger partial charge is 0.255 e. The number of likely N-dealkylation sites (N-methyl/N-ethyl adjacent to an activating group) is 1. The summed E-state index contributed by atoms with van der Waals surface area (Å²) in [5.41, 5.74) is 3.72. The van der Waals surface area contributed by atoms with Gasteiger partial charge in [0.25, 0.3) is 5.91 Å². The molecule has 1 saturated heterocycles. The van der Waals surface area contributed by atoms with Crippen molar-refractivity contribution in [1.82, 2.24) is 15.4 Å². The molecule has 1 atom stereocenters. The minimum Gasteiger partial charge on any atom is -0.497 e. The lowest BCUT2D eigenvalue weighted by Gasteiger charge is -2.22. The zero-order valence-electron chi connectivity index (χ0n) is 24.6. The third-order valence-corrected chi connectivity index (χ3v) is 5.35. The van der Waals surface area contributed by atoms with Gasteiger partial charge in [-0.25, -0.2) is 5.48 Å². The largest absolute Gasteiger partial charge is 0.497 e. The van der Waals surface area contributed by atoms with Gasteiger partial charge in [0.05, 0.1) is 29.3 Å². The number of hydrogen-bond acceptors (Lipinski definition) is 8. The predicted molar refractivity (Wildman–Crippen MR) is 161 cm³/mol. The Labute approximate surface area is 237 Å². The maximum atomic E-state index is 12.6. The van der Waals surface area contributed by atoms with E-state index in [1.165, 1.54) is 4.90 Å². The maximum absolute atomic E-state index is 12.6. The molecule has 2 rings (SSSR count). The third-order valence-electron chi connectivity index (χ3n) is 4.08. The molecule has 0 bridgehead atoms. The zero-order valence-corrected chi connectivity index (χ0v) is 27.0. The van der Waals surface area contributed by atoms with Gasteiger partial charge in [-0.15, -0.1) is 5.06 Å². The number of rotatable bonds is 8. The van der Waals surface area contributed by atoms with Crippen molar-refractivity contribution < 1.29 is 19.0 Å². The molecule has 1 aromatic rings. The van der Waals surface area contributed by atoms with E-state index in [0.29, 0.717) is 51.6 Å². The molecule has 1 aliphatic rings. The number of allylic oxidation sites excluding steroid dienone is 1. The lowest BCUT2D eigenvalue weighted by molar-refractivity contribution is -0.149. The Bertz CT molecular complexity index is 848. The fourth-order valence-corrected chi connectivity index (χ4v) is 3.73. The Morgan fingerprint density at radius 2 is 1.89 bits per heavy atom. The SMILES string of the molecule is C/C=C(/CN=C1NON(C)C1Nc1ccc(Br)c(C(=O)N(C)C)c1SO)OCC.CC.CC.CC(C)C. The summed E-state index contributed by atoms with van der Waals surface area (Å²) in [4.78, 5) is 24.3. The van der Waals surface area contributed by atoms with Crippen LogP contribution in [0.25, 0.3) is 0 Å². The summed E-state index contributed by atoms with van der Waals surface area (Å²) in [7, 11) is 5.05. The number of carbonyl (C=O) groups is 1. The first-order valence-corrected chi connectivity index (χ1v) is 14.2. The number of ether oxygens (including phenoxy) is 1. The van der Waals surface area contributed by atoms with Crippen molar-refractivity contribution >= 4 is 45.4 Å². The van der Waals surface area contributed by atoms with Crippen LogP contribution in [0.5, 0.6) is 0 Å². The summed E-state index contributed by atoms with van der Waals surface area (Å²) in [5, 5.41) is 4.82. The summed E-state index contributed by atoms with van der Waals surface area (Å²) >= 11 is 3.91. The quantitative estimate of drug-likeness (QED) is 0.217. The van der Waals surface area contributed by atoms with E-state index in [2.05, 4.69) is 52.5 Å². The van der Waals surface area contributed by atoms with Crippen LogP contribution in [0.1, 0.15) is 72.7 Å². The predicted octanol–water partition coefficient (Wildman–Crippen LogP) is 6.89. The van der Waals surface area contributed by atoms with Crippen molar-refractivity contribution in [2.45, 2.75) is 73.4 Å². The summed E-state index contributed by atoms with van der Waals surface area (Å²) in [5.74, 6) is 1.91. The van der Waals surface area contributed by atoms with Crippen molar-refractivity contribution in [3.05, 3.63) is 34.0 Å². The number of aliphatic imine (C=N–C) groups is 1. The molecule has 214 valence electrons. The van der Waals surface area contributed by atoms with E-state index in [4.69, 9.17) is 9.68 Å². The van der Waals surface area contributed by atoms with Crippen LogP contribution in [-0.4, -0.2) is 66.7 Å². The number of benzene rings is 1. The van der Waals surface area contributed by atoms with E-state index in [-0.39, 0.29) is 5.91 Å². The summed E-state index contributed by atoms with van der Waals surface area (Å²) in [6.07, 6.45) is 1.41. The number of amidine groups is 1. The number of halogens is 1. The van der Waals surface area contributed by atoms with Gasteiger partial charge in [-0.1, -0.05) is 48.5 Å². The molecule has 0 saturated carbocycles. The van der Waals surface area contributed by atoms with Crippen LogP contribution in [-0.2, 0) is 9.68 Å². The van der Waals surface area contributed by atoms with Crippen molar-refractivity contribution in [1.29, 1.82) is 0 Å². The Balaban J connectivity index is 0. The molecule has 0 aliphatic carbocycles. The summed E-state index contributed by atoms with van der Waals surface area (Å²) in [6, 6.07) is 3.53. The molecule has 9 nitrogen and oxygen atoms in total. The van der Waals surface area contributed by atoms with E-state index in [1.54, 1.807) is 38.3 Å². The number of hydrogen-bond donors (Lipinski definition) is 3. The minimum absolute atomic E-state index is 0.227. The van der Waals surface area contributed by atoms with Gasteiger partial charge in [-0.3, -0.25) is 9.79 Å². The Hall–Kier alpha value is -1.79. The van der Waals surface area contributed by atoms with E-state index < -0.39 is 6.17 Å². The number of anilines is 1. The standard InChI is InChI=1S/C18H26BrN5O4S.C4H10.2C2H6/c1-6-11(27-7-2)10-20-16-17(24(5)28-22-16)21-13-9-8-12(19)14(15(13)29-26)18(25)23(3)4;1-4(2)3;2*1-2/h6,8-9,17,21,26H,7,10H2,1-5H3,(H,20,22);4H,1-3H3;2*1-2H3/b11-6-;;;. The first kappa shape index (κ1) is 37.4. The lowest BCUT2D eigenvalue weighted by atomic mass is 10.1. The van der Waals surface area contributed by atoms with Gasteiger partial charge >= 0.3 is 0 Å². The molecular weight excluding hydrogens is 558 g/mol. The summed E-state index contributed by atoms with van der Waals surface area (Å²) < 4.78 is 16.0. The van der Waals surface area contributed by atoms with Crippen LogP contribution in [0.4, 0.5) is 5.69 Å². The van der Waals surface area contributed by atoms with Crippen molar-refractivity contribution in [2.75, 3.05) is 39.6 Å². The highest BCUT2D eigenvalue weighted by Crippen LogP contribution is 2.35. The first-order valence-electron chi connectivity index (χ1n) is 12.7. The third kappa shape index (κ3) is 13.0. The van der Waals surface area contributed by atoms with Crippen molar-refractivity contribution in [3.8, 4) is 0 Å². The zero-order chi connectivity index (χ0) is 29.1. The summed E-state index contributed by atoms with van der Waals surface area (Å²) in [6.45, 7) is 19.2. The van der Waals surface area contributed by atoms with E-state index in [1.807, 2.05) is 47.6 Å². The van der Waals surface area contributed by atoms with Gasteiger partial charge in [0.15, 0.2) is 12.0 Å². The second-order valence-electron chi connectivity index (χ2n) is 8.00. The van der Waals surface area contributed by atoms with Gasteiger partial charge in [0, 0.05) is 37.7 Å². The first-order chi connectivity index (χ1) is 17.6. The molecule has 0 spiro atoms. The fraction of sp³-hybridized carbons (Fsp3) is 0.615. The highest BCUT2D eigenvalue weighted by atomic mass is 79.9. The van der Waals surface area contributed by atoms with Gasteiger partial charge in [0.1, 0.15) is 5.76 Å². The molecule has 0 aromatic heterocycles.